The third kappa shape index (κ3) is 7.76. The van der Waals surface area contributed by atoms with E-state index in [1.165, 1.54) is 25.7 Å². The van der Waals surface area contributed by atoms with Gasteiger partial charge in [0.05, 0.1) is 0 Å². The van der Waals surface area contributed by atoms with Crippen LogP contribution in [0.1, 0.15) is 63.7 Å². The molecule has 120 valence electrons. The molecule has 3 nitrogen and oxygen atoms in total. The molecule has 0 bridgehead atoms. The lowest BCUT2D eigenvalue weighted by molar-refractivity contribution is 0.126. The van der Waals surface area contributed by atoms with Gasteiger partial charge in [-0.1, -0.05) is 69.9 Å². The maximum Gasteiger partial charge on any atom is 0.355 e. The lowest BCUT2D eigenvalue weighted by Crippen LogP contribution is -2.32. The molecule has 21 heavy (non-hydrogen) atoms. The van der Waals surface area contributed by atoms with Gasteiger partial charge in [-0.3, -0.25) is 0 Å². The Morgan fingerprint density at radius 1 is 0.905 bits per heavy atom. The first-order valence-corrected chi connectivity index (χ1v) is 9.86. The highest BCUT2D eigenvalue weighted by Crippen LogP contribution is 2.18. The normalized spacial score (nSPS) is 12.8. The van der Waals surface area contributed by atoms with Gasteiger partial charge in [0.1, 0.15) is 5.73 Å². The third-order valence-electron chi connectivity index (χ3n) is 3.46. The number of benzene rings is 1. The van der Waals surface area contributed by atoms with E-state index in [4.69, 9.17) is 8.85 Å². The van der Waals surface area contributed by atoms with E-state index in [2.05, 4.69) is 13.8 Å². The van der Waals surface area contributed by atoms with Gasteiger partial charge in [0, 0.05) is 13.2 Å². The van der Waals surface area contributed by atoms with Gasteiger partial charge in [0.15, 0.2) is 0 Å². The Hall–Kier alpha value is -0.683. The Morgan fingerprint density at radius 3 is 1.90 bits per heavy atom. The second-order valence-corrected chi connectivity index (χ2v) is 7.41. The van der Waals surface area contributed by atoms with Crippen LogP contribution in [0.15, 0.2) is 30.3 Å². The van der Waals surface area contributed by atoms with Crippen molar-refractivity contribution in [1.82, 2.24) is 0 Å². The minimum atomic E-state index is -2.08. The van der Waals surface area contributed by atoms with E-state index in [-0.39, 0.29) is 0 Å². The Kier molecular flexibility index (Phi) is 10.4. The van der Waals surface area contributed by atoms with Crippen molar-refractivity contribution in [3.8, 4) is 0 Å². The summed E-state index contributed by atoms with van der Waals surface area (Å²) < 4.78 is 11.8. The lowest BCUT2D eigenvalue weighted by Gasteiger charge is -2.22. The SMILES string of the molecule is CCCCCO[SiH](OCCCCC)C(O)c1ccccc1. The second-order valence-electron chi connectivity index (χ2n) is 5.38. The maximum absolute atomic E-state index is 10.5. The van der Waals surface area contributed by atoms with Gasteiger partial charge in [0.2, 0.25) is 0 Å². The van der Waals surface area contributed by atoms with Crippen molar-refractivity contribution in [2.45, 2.75) is 58.1 Å². The number of rotatable bonds is 12. The van der Waals surface area contributed by atoms with Gasteiger partial charge in [-0.05, 0) is 18.4 Å². The lowest BCUT2D eigenvalue weighted by atomic mass is 10.2. The molecule has 4 heteroatoms. The first kappa shape index (κ1) is 18.4. The van der Waals surface area contributed by atoms with Gasteiger partial charge in [0.25, 0.3) is 0 Å². The first-order valence-electron chi connectivity index (χ1n) is 8.25. The molecule has 1 aromatic carbocycles. The second kappa shape index (κ2) is 11.9. The fourth-order valence-corrected chi connectivity index (χ4v) is 3.94. The molecular weight excluding hydrogens is 280 g/mol. The predicted molar refractivity (Wildman–Crippen MR) is 89.5 cm³/mol. The molecule has 1 unspecified atom stereocenters. The van der Waals surface area contributed by atoms with Crippen molar-refractivity contribution in [3.63, 3.8) is 0 Å². The molecule has 1 aromatic rings. The summed E-state index contributed by atoms with van der Waals surface area (Å²) in [5, 5.41) is 10.5. The Balaban J connectivity index is 2.48. The minimum absolute atomic E-state index is 0.588. The summed E-state index contributed by atoms with van der Waals surface area (Å²) in [6.07, 6.45) is 6.76. The van der Waals surface area contributed by atoms with Crippen LogP contribution in [0.5, 0.6) is 0 Å². The van der Waals surface area contributed by atoms with Crippen LogP contribution in [0.2, 0.25) is 0 Å². The molecule has 0 saturated heterocycles. The van der Waals surface area contributed by atoms with Crippen LogP contribution in [0.25, 0.3) is 0 Å². The standard InChI is InChI=1S/C17H30O3Si/c1-3-5-10-14-19-21(20-15-11-6-4-2)17(18)16-12-8-7-9-13-16/h7-9,12-13,17-18,21H,3-6,10-11,14-15H2,1-2H3. The third-order valence-corrected chi connectivity index (χ3v) is 5.49. The Morgan fingerprint density at radius 2 is 1.43 bits per heavy atom. The quantitative estimate of drug-likeness (QED) is 0.470. The maximum atomic E-state index is 10.5. The number of unbranched alkanes of at least 4 members (excludes halogenated alkanes) is 4. The summed E-state index contributed by atoms with van der Waals surface area (Å²) in [6, 6.07) is 9.72. The zero-order valence-corrected chi connectivity index (χ0v) is 14.6. The fraction of sp³-hybridized carbons (Fsp3) is 0.647. The number of aliphatic hydroxyl groups excluding tert-OH is 1. The zero-order chi connectivity index (χ0) is 15.3. The van der Waals surface area contributed by atoms with Crippen LogP contribution in [0, 0.1) is 0 Å². The molecule has 0 aliphatic rings. The summed E-state index contributed by atoms with van der Waals surface area (Å²) in [4.78, 5) is 0. The van der Waals surface area contributed by atoms with Gasteiger partial charge >= 0.3 is 9.28 Å². The van der Waals surface area contributed by atoms with Gasteiger partial charge in [-0.25, -0.2) is 0 Å². The van der Waals surface area contributed by atoms with Crippen molar-refractivity contribution in [2.75, 3.05) is 13.2 Å². The van der Waals surface area contributed by atoms with Crippen LogP contribution >= 0.6 is 0 Å². The minimum Gasteiger partial charge on any atom is -0.395 e. The highest BCUT2D eigenvalue weighted by atomic mass is 28.3. The summed E-state index contributed by atoms with van der Waals surface area (Å²) in [5.41, 5.74) is 0.314. The van der Waals surface area contributed by atoms with E-state index in [0.717, 1.165) is 18.4 Å². The van der Waals surface area contributed by atoms with Crippen LogP contribution in [0.3, 0.4) is 0 Å². The Labute approximate surface area is 131 Å². The van der Waals surface area contributed by atoms with Crippen LogP contribution in [-0.4, -0.2) is 27.6 Å². The molecule has 0 radical (unpaired) electrons. The number of hydrogen-bond acceptors (Lipinski definition) is 3. The highest BCUT2D eigenvalue weighted by Gasteiger charge is 2.25. The average Bonchev–Trinajstić information content (AvgIpc) is 2.53. The molecule has 0 heterocycles. The van der Waals surface area contributed by atoms with Crippen molar-refractivity contribution < 1.29 is 14.0 Å². The smallest absolute Gasteiger partial charge is 0.355 e. The predicted octanol–water partition coefficient (Wildman–Crippen LogP) is 3.89. The number of aliphatic hydroxyl groups is 1. The van der Waals surface area contributed by atoms with E-state index < -0.39 is 15.0 Å². The molecule has 0 fully saturated rings. The van der Waals surface area contributed by atoms with Gasteiger partial charge in [-0.2, -0.15) is 0 Å². The summed E-state index contributed by atoms with van der Waals surface area (Å²) >= 11 is 0. The molecule has 0 amide bonds. The van der Waals surface area contributed by atoms with Gasteiger partial charge < -0.3 is 14.0 Å². The van der Waals surface area contributed by atoms with Crippen molar-refractivity contribution in [1.29, 1.82) is 0 Å². The molecule has 1 rings (SSSR count). The molecule has 0 spiro atoms. The Bertz CT molecular complexity index is 333. The summed E-state index contributed by atoms with van der Waals surface area (Å²) in [7, 11) is -2.08. The molecule has 0 aliphatic carbocycles. The van der Waals surface area contributed by atoms with Crippen molar-refractivity contribution >= 4 is 9.28 Å². The van der Waals surface area contributed by atoms with E-state index in [1.807, 2.05) is 30.3 Å². The average molecular weight is 311 g/mol. The molecule has 0 aromatic heterocycles. The monoisotopic (exact) mass is 310 g/mol. The molecule has 0 aliphatic heterocycles. The molecule has 1 atom stereocenters. The van der Waals surface area contributed by atoms with Crippen LogP contribution in [0.4, 0.5) is 0 Å². The van der Waals surface area contributed by atoms with Gasteiger partial charge in [-0.15, -0.1) is 0 Å². The topological polar surface area (TPSA) is 38.7 Å². The molecule has 0 saturated carbocycles. The molecule has 1 N–H and O–H groups in total. The van der Waals surface area contributed by atoms with E-state index in [9.17, 15) is 5.11 Å². The zero-order valence-electron chi connectivity index (χ0n) is 13.5. The first-order chi connectivity index (χ1) is 10.3. The largest absolute Gasteiger partial charge is 0.395 e. The van der Waals surface area contributed by atoms with E-state index >= 15 is 0 Å². The van der Waals surface area contributed by atoms with E-state index in [1.54, 1.807) is 0 Å². The van der Waals surface area contributed by atoms with Crippen LogP contribution < -0.4 is 0 Å². The highest BCUT2D eigenvalue weighted by molar-refractivity contribution is 6.45. The summed E-state index contributed by atoms with van der Waals surface area (Å²) in [6.45, 7) is 5.74. The van der Waals surface area contributed by atoms with Crippen molar-refractivity contribution in [3.05, 3.63) is 35.9 Å². The van der Waals surface area contributed by atoms with E-state index in [0.29, 0.717) is 13.2 Å². The van der Waals surface area contributed by atoms with Crippen molar-refractivity contribution in [2.24, 2.45) is 0 Å². The number of hydrogen-bond donors (Lipinski definition) is 1. The summed E-state index contributed by atoms with van der Waals surface area (Å²) in [5.74, 6) is 0. The molecular formula is C17H30O3Si. The fourth-order valence-electron chi connectivity index (χ4n) is 2.14. The van der Waals surface area contributed by atoms with Crippen LogP contribution in [-0.2, 0) is 8.85 Å².